The molecule has 9 heteroatoms. The molecule has 5 rings (SSSR count). The topological polar surface area (TPSA) is 50.1 Å². The monoisotopic (exact) mass is 514 g/mol. The van der Waals surface area contributed by atoms with E-state index in [1.54, 1.807) is 6.20 Å². The summed E-state index contributed by atoms with van der Waals surface area (Å²) in [7, 11) is 0. The van der Waals surface area contributed by atoms with Gasteiger partial charge >= 0.3 is 0 Å². The van der Waals surface area contributed by atoms with Gasteiger partial charge in [-0.3, -0.25) is 4.90 Å². The van der Waals surface area contributed by atoms with E-state index in [4.69, 9.17) is 5.10 Å². The first kappa shape index (κ1) is 26.6. The summed E-state index contributed by atoms with van der Waals surface area (Å²) in [6.07, 6.45) is 3.62. The van der Waals surface area contributed by atoms with Crippen LogP contribution in [0.2, 0.25) is 0 Å². The van der Waals surface area contributed by atoms with E-state index in [9.17, 15) is 4.39 Å². The zero-order valence-corrected chi connectivity index (χ0v) is 21.4. The van der Waals surface area contributed by atoms with Crippen molar-refractivity contribution < 1.29 is 4.39 Å². The maximum Gasteiger partial charge on any atom is 0.153 e. The lowest BCUT2D eigenvalue weighted by molar-refractivity contribution is 0.248. The molecular weight excluding hydrogens is 486 g/mol. The van der Waals surface area contributed by atoms with E-state index in [2.05, 4.69) is 39.7 Å². The molecule has 1 aliphatic heterocycles. The van der Waals surface area contributed by atoms with Gasteiger partial charge in [-0.25, -0.2) is 19.0 Å². The first-order valence-corrected chi connectivity index (χ1v) is 11.2. The van der Waals surface area contributed by atoms with E-state index < -0.39 is 0 Å². The van der Waals surface area contributed by atoms with Crippen LogP contribution in [-0.4, -0.2) is 50.8 Å². The van der Waals surface area contributed by atoms with Gasteiger partial charge in [-0.05, 0) is 55.8 Å². The van der Waals surface area contributed by atoms with Crippen LogP contribution in [-0.2, 0) is 6.54 Å². The predicted molar refractivity (Wildman–Crippen MR) is 142 cm³/mol. The van der Waals surface area contributed by atoms with Gasteiger partial charge in [-0.15, -0.1) is 24.8 Å². The fourth-order valence-corrected chi connectivity index (χ4v) is 4.45. The van der Waals surface area contributed by atoms with Gasteiger partial charge < -0.3 is 4.90 Å². The number of rotatable bonds is 5. The van der Waals surface area contributed by atoms with E-state index in [1.807, 2.05) is 47.3 Å². The molecule has 6 nitrogen and oxygen atoms in total. The van der Waals surface area contributed by atoms with Crippen LogP contribution in [0, 0.1) is 19.7 Å². The molecule has 0 bridgehead atoms. The molecule has 1 aromatic carbocycles. The van der Waals surface area contributed by atoms with Gasteiger partial charge in [0.15, 0.2) is 5.82 Å². The third-order valence-corrected chi connectivity index (χ3v) is 6.30. The van der Waals surface area contributed by atoms with Crippen LogP contribution < -0.4 is 4.90 Å². The molecule has 4 heterocycles. The molecule has 1 aliphatic rings. The van der Waals surface area contributed by atoms with Gasteiger partial charge in [0.1, 0.15) is 11.6 Å². The molecule has 0 amide bonds. The first-order valence-electron chi connectivity index (χ1n) is 11.2. The van der Waals surface area contributed by atoms with Gasteiger partial charge in [0.25, 0.3) is 0 Å². The molecule has 0 aliphatic carbocycles. The maximum absolute atomic E-state index is 13.4. The van der Waals surface area contributed by atoms with Gasteiger partial charge in [0.05, 0.1) is 5.69 Å². The highest BCUT2D eigenvalue weighted by Crippen LogP contribution is 2.30. The minimum atomic E-state index is -0.227. The van der Waals surface area contributed by atoms with Crippen molar-refractivity contribution in [1.29, 1.82) is 0 Å². The molecule has 184 valence electrons. The quantitative estimate of drug-likeness (QED) is 0.364. The summed E-state index contributed by atoms with van der Waals surface area (Å²) in [6.45, 7) is 8.70. The van der Waals surface area contributed by atoms with Crippen molar-refractivity contribution in [3.63, 3.8) is 0 Å². The number of benzene rings is 1. The lowest BCUT2D eigenvalue weighted by Gasteiger charge is -2.36. The van der Waals surface area contributed by atoms with E-state index >= 15 is 0 Å². The Hall–Kier alpha value is -3.00. The summed E-state index contributed by atoms with van der Waals surface area (Å²) in [5.74, 6) is 1.58. The first-order chi connectivity index (χ1) is 16.1. The Bertz CT molecular complexity index is 1240. The molecule has 1 fully saturated rings. The minimum absolute atomic E-state index is 0. The molecule has 0 saturated carbocycles. The van der Waals surface area contributed by atoms with E-state index in [1.165, 1.54) is 17.7 Å². The van der Waals surface area contributed by atoms with Crippen LogP contribution in [0.3, 0.4) is 0 Å². The number of hydrogen-bond acceptors (Lipinski definition) is 5. The Labute approximate surface area is 217 Å². The Morgan fingerprint density at radius 2 is 1.54 bits per heavy atom. The molecule has 0 radical (unpaired) electrons. The number of pyridine rings is 2. The molecule has 0 N–H and O–H groups in total. The highest BCUT2D eigenvalue weighted by molar-refractivity contribution is 5.85. The van der Waals surface area contributed by atoms with E-state index in [-0.39, 0.29) is 30.6 Å². The maximum atomic E-state index is 13.4. The second-order valence-electron chi connectivity index (χ2n) is 8.39. The van der Waals surface area contributed by atoms with Crippen molar-refractivity contribution in [3.8, 4) is 16.9 Å². The molecular formula is C26H29Cl2FN6. The molecule has 0 unspecified atom stereocenters. The van der Waals surface area contributed by atoms with Gasteiger partial charge in [0, 0.05) is 61.9 Å². The summed E-state index contributed by atoms with van der Waals surface area (Å²) in [5.41, 5.74) is 5.46. The van der Waals surface area contributed by atoms with Gasteiger partial charge in [0.2, 0.25) is 0 Å². The van der Waals surface area contributed by atoms with Crippen LogP contribution in [0.15, 0.2) is 67.0 Å². The fraction of sp³-hybridized carbons (Fsp3) is 0.269. The van der Waals surface area contributed by atoms with Crippen LogP contribution >= 0.6 is 24.8 Å². The Morgan fingerprint density at radius 3 is 2.23 bits per heavy atom. The van der Waals surface area contributed by atoms with Crippen LogP contribution in [0.5, 0.6) is 0 Å². The van der Waals surface area contributed by atoms with Crippen LogP contribution in [0.4, 0.5) is 10.2 Å². The minimum Gasteiger partial charge on any atom is -0.354 e. The number of piperazine rings is 1. The SMILES string of the molecule is Cc1nn(-c2ccccn2)c(C)c1CN1CCN(c2ncccc2-c2ccc(F)cc2)CC1.Cl.Cl. The standard InChI is InChI=1S/C26H27FN6.2ClH/c1-19-24(20(2)33(30-19)25-7-3-4-12-28-25)18-31-14-16-32(17-15-31)26-23(6-5-13-29-26)21-8-10-22(27)11-9-21;;/h3-13H,14-18H2,1-2H3;2*1H. The average molecular weight is 515 g/mol. The fourth-order valence-electron chi connectivity index (χ4n) is 4.45. The highest BCUT2D eigenvalue weighted by atomic mass is 35.5. The van der Waals surface area contributed by atoms with Crippen molar-refractivity contribution in [3.05, 3.63) is 89.8 Å². The second kappa shape index (κ2) is 11.6. The summed E-state index contributed by atoms with van der Waals surface area (Å²) in [4.78, 5) is 13.9. The molecule has 35 heavy (non-hydrogen) atoms. The van der Waals surface area contributed by atoms with Crippen molar-refractivity contribution in [2.24, 2.45) is 0 Å². The Morgan fingerprint density at radius 1 is 0.829 bits per heavy atom. The average Bonchev–Trinajstić information content (AvgIpc) is 3.14. The number of anilines is 1. The molecule has 1 saturated heterocycles. The van der Waals surface area contributed by atoms with Gasteiger partial charge in [-0.1, -0.05) is 18.2 Å². The highest BCUT2D eigenvalue weighted by Gasteiger charge is 2.23. The molecule has 4 aromatic rings. The zero-order chi connectivity index (χ0) is 22.8. The summed E-state index contributed by atoms with van der Waals surface area (Å²) in [5, 5.41) is 4.74. The number of aryl methyl sites for hydroxylation is 1. The van der Waals surface area contributed by atoms with E-state index in [0.717, 1.165) is 66.9 Å². The summed E-state index contributed by atoms with van der Waals surface area (Å²) >= 11 is 0. The number of halogens is 3. The third kappa shape index (κ3) is 5.64. The van der Waals surface area contributed by atoms with Crippen molar-refractivity contribution in [2.75, 3.05) is 31.1 Å². The van der Waals surface area contributed by atoms with Crippen molar-refractivity contribution >= 4 is 30.6 Å². The number of nitrogens with zero attached hydrogens (tertiary/aromatic N) is 6. The third-order valence-electron chi connectivity index (χ3n) is 6.30. The number of hydrogen-bond donors (Lipinski definition) is 0. The van der Waals surface area contributed by atoms with Gasteiger partial charge in [-0.2, -0.15) is 5.10 Å². The van der Waals surface area contributed by atoms with Crippen LogP contribution in [0.25, 0.3) is 16.9 Å². The largest absolute Gasteiger partial charge is 0.354 e. The lowest BCUT2D eigenvalue weighted by atomic mass is 10.1. The lowest BCUT2D eigenvalue weighted by Crippen LogP contribution is -2.46. The normalized spacial score (nSPS) is 13.7. The van der Waals surface area contributed by atoms with Crippen molar-refractivity contribution in [1.82, 2.24) is 24.6 Å². The Balaban J connectivity index is 0.00000171. The molecule has 3 aromatic heterocycles. The molecule has 0 atom stereocenters. The van der Waals surface area contributed by atoms with Crippen LogP contribution in [0.1, 0.15) is 17.0 Å². The Kier molecular flexibility index (Phi) is 8.83. The molecule has 0 spiro atoms. The second-order valence-corrected chi connectivity index (χ2v) is 8.39. The predicted octanol–water partition coefficient (Wildman–Crippen LogP) is 5.25. The van der Waals surface area contributed by atoms with Crippen molar-refractivity contribution in [2.45, 2.75) is 20.4 Å². The zero-order valence-electron chi connectivity index (χ0n) is 19.8. The summed E-state index contributed by atoms with van der Waals surface area (Å²) < 4.78 is 15.3. The smallest absolute Gasteiger partial charge is 0.153 e. The summed E-state index contributed by atoms with van der Waals surface area (Å²) in [6, 6.07) is 16.5. The number of aromatic nitrogens is 4. The van der Waals surface area contributed by atoms with E-state index in [0.29, 0.717) is 0 Å².